The van der Waals surface area contributed by atoms with Gasteiger partial charge in [0.25, 0.3) is 0 Å². The smallest absolute Gasteiger partial charge is 0.303 e. The largest absolute Gasteiger partial charge is 0.481 e. The predicted molar refractivity (Wildman–Crippen MR) is 72.1 cm³/mol. The Morgan fingerprint density at radius 1 is 0.938 bits per heavy atom. The molecule has 0 saturated heterocycles. The van der Waals surface area contributed by atoms with Gasteiger partial charge < -0.3 is 5.11 Å². The number of hydrogen-bond acceptors (Lipinski definition) is 1. The number of carbonyl (C=O) groups is 1. The minimum atomic E-state index is -0.670. The maximum atomic E-state index is 10.2. The van der Waals surface area contributed by atoms with E-state index in [1.807, 2.05) is 0 Å². The first-order valence-corrected chi connectivity index (χ1v) is 7.32. The SMILES string of the molecule is O=C(O)CCCCCCCC/C=C/CCBr. The lowest BCUT2D eigenvalue weighted by atomic mass is 10.1. The highest BCUT2D eigenvalue weighted by atomic mass is 79.9. The highest BCUT2D eigenvalue weighted by molar-refractivity contribution is 9.09. The monoisotopic (exact) mass is 290 g/mol. The van der Waals surface area contributed by atoms with E-state index in [2.05, 4.69) is 28.1 Å². The van der Waals surface area contributed by atoms with Crippen molar-refractivity contribution in [3.8, 4) is 0 Å². The van der Waals surface area contributed by atoms with Crippen molar-refractivity contribution >= 4 is 21.9 Å². The highest BCUT2D eigenvalue weighted by Gasteiger charge is 1.95. The summed E-state index contributed by atoms with van der Waals surface area (Å²) in [6, 6.07) is 0. The summed E-state index contributed by atoms with van der Waals surface area (Å²) in [5.41, 5.74) is 0. The van der Waals surface area contributed by atoms with Crippen LogP contribution in [0.5, 0.6) is 0 Å². The third-order valence-electron chi connectivity index (χ3n) is 2.45. The van der Waals surface area contributed by atoms with E-state index in [0.29, 0.717) is 6.42 Å². The topological polar surface area (TPSA) is 37.3 Å². The fraction of sp³-hybridized carbons (Fsp3) is 0.769. The Bertz CT molecular complexity index is 190. The van der Waals surface area contributed by atoms with Crippen LogP contribution in [0, 0.1) is 0 Å². The molecule has 0 aliphatic rings. The molecule has 0 saturated carbocycles. The van der Waals surface area contributed by atoms with Crippen LogP contribution in [-0.2, 0) is 4.79 Å². The molecule has 0 aromatic heterocycles. The lowest BCUT2D eigenvalue weighted by molar-refractivity contribution is -0.137. The van der Waals surface area contributed by atoms with E-state index < -0.39 is 5.97 Å². The molecule has 0 unspecified atom stereocenters. The Balaban J connectivity index is 3.01. The molecule has 0 fully saturated rings. The van der Waals surface area contributed by atoms with Crippen molar-refractivity contribution in [1.29, 1.82) is 0 Å². The third-order valence-corrected chi connectivity index (χ3v) is 2.91. The summed E-state index contributed by atoms with van der Waals surface area (Å²) in [4.78, 5) is 10.2. The first-order chi connectivity index (χ1) is 7.77. The van der Waals surface area contributed by atoms with Crippen LogP contribution < -0.4 is 0 Å². The number of carboxylic acid groups (broad SMARTS) is 1. The van der Waals surface area contributed by atoms with E-state index in [9.17, 15) is 4.79 Å². The number of hydrogen-bond donors (Lipinski definition) is 1. The van der Waals surface area contributed by atoms with Gasteiger partial charge >= 0.3 is 5.97 Å². The third kappa shape index (κ3) is 13.7. The second-order valence-corrected chi connectivity index (χ2v) is 4.80. The van der Waals surface area contributed by atoms with Crippen LogP contribution in [0.3, 0.4) is 0 Å². The summed E-state index contributed by atoms with van der Waals surface area (Å²) in [6.45, 7) is 0. The lowest BCUT2D eigenvalue weighted by Crippen LogP contribution is -1.93. The van der Waals surface area contributed by atoms with Gasteiger partial charge in [0.15, 0.2) is 0 Å². The highest BCUT2D eigenvalue weighted by Crippen LogP contribution is 2.09. The normalized spacial score (nSPS) is 11.1. The van der Waals surface area contributed by atoms with Crippen molar-refractivity contribution in [2.45, 2.75) is 57.8 Å². The van der Waals surface area contributed by atoms with E-state index in [4.69, 9.17) is 5.11 Å². The van der Waals surface area contributed by atoms with Crippen molar-refractivity contribution in [2.75, 3.05) is 5.33 Å². The molecule has 2 nitrogen and oxygen atoms in total. The van der Waals surface area contributed by atoms with Crippen LogP contribution in [0.25, 0.3) is 0 Å². The molecule has 0 aromatic rings. The molecule has 0 spiro atoms. The quantitative estimate of drug-likeness (QED) is 0.345. The fourth-order valence-corrected chi connectivity index (χ4v) is 1.81. The molecule has 0 radical (unpaired) electrons. The minimum absolute atomic E-state index is 0.329. The second-order valence-electron chi connectivity index (χ2n) is 4.00. The van der Waals surface area contributed by atoms with E-state index in [-0.39, 0.29) is 0 Å². The predicted octanol–water partition coefficient (Wildman–Crippen LogP) is 4.53. The van der Waals surface area contributed by atoms with Crippen LogP contribution in [0.4, 0.5) is 0 Å². The molecule has 3 heteroatoms. The molecule has 0 heterocycles. The molecule has 0 aliphatic heterocycles. The summed E-state index contributed by atoms with van der Waals surface area (Å²) in [7, 11) is 0. The Kier molecular flexibility index (Phi) is 12.5. The van der Waals surface area contributed by atoms with Crippen molar-refractivity contribution in [3.63, 3.8) is 0 Å². The Morgan fingerprint density at radius 3 is 2.12 bits per heavy atom. The van der Waals surface area contributed by atoms with Gasteiger partial charge in [0.05, 0.1) is 0 Å². The van der Waals surface area contributed by atoms with Crippen LogP contribution >= 0.6 is 15.9 Å². The van der Waals surface area contributed by atoms with Crippen molar-refractivity contribution < 1.29 is 9.90 Å². The Morgan fingerprint density at radius 2 is 1.50 bits per heavy atom. The molecule has 0 amide bonds. The molecule has 0 bridgehead atoms. The molecular weight excluding hydrogens is 268 g/mol. The standard InChI is InChI=1S/C13H23BrO2/c14-12-10-8-6-4-2-1-3-5-7-9-11-13(15)16/h6,8H,1-5,7,9-12H2,(H,15,16)/b8-6+. The maximum Gasteiger partial charge on any atom is 0.303 e. The van der Waals surface area contributed by atoms with Gasteiger partial charge in [-0.05, 0) is 25.7 Å². The summed E-state index contributed by atoms with van der Waals surface area (Å²) < 4.78 is 0. The Labute approximate surface area is 107 Å². The molecule has 1 N–H and O–H groups in total. The van der Waals surface area contributed by atoms with Crippen molar-refractivity contribution in [2.24, 2.45) is 0 Å². The molecule has 0 atom stereocenters. The summed E-state index contributed by atoms with van der Waals surface area (Å²) in [5.74, 6) is -0.670. The molecular formula is C13H23BrO2. The first kappa shape index (κ1) is 15.7. The zero-order valence-corrected chi connectivity index (χ0v) is 11.5. The van der Waals surface area contributed by atoms with Gasteiger partial charge in [-0.2, -0.15) is 0 Å². The number of rotatable bonds is 11. The van der Waals surface area contributed by atoms with Crippen LogP contribution in [0.2, 0.25) is 0 Å². The number of aliphatic carboxylic acids is 1. The second kappa shape index (κ2) is 12.8. The first-order valence-electron chi connectivity index (χ1n) is 6.20. The lowest BCUT2D eigenvalue weighted by Gasteiger charge is -1.99. The van der Waals surface area contributed by atoms with Gasteiger partial charge in [-0.25, -0.2) is 0 Å². The van der Waals surface area contributed by atoms with Gasteiger partial charge in [-0.15, -0.1) is 0 Å². The average Bonchev–Trinajstić information content (AvgIpc) is 2.25. The zero-order valence-electron chi connectivity index (χ0n) is 9.96. The number of halogens is 1. The maximum absolute atomic E-state index is 10.2. The van der Waals surface area contributed by atoms with Crippen LogP contribution in [-0.4, -0.2) is 16.4 Å². The molecule has 16 heavy (non-hydrogen) atoms. The van der Waals surface area contributed by atoms with Gasteiger partial charge in [0, 0.05) is 11.8 Å². The minimum Gasteiger partial charge on any atom is -0.481 e. The number of unbranched alkanes of at least 4 members (excludes halogenated alkanes) is 6. The van der Waals surface area contributed by atoms with Gasteiger partial charge in [-0.1, -0.05) is 53.8 Å². The molecule has 0 aromatic carbocycles. The van der Waals surface area contributed by atoms with Crippen molar-refractivity contribution in [3.05, 3.63) is 12.2 Å². The molecule has 0 aliphatic carbocycles. The van der Waals surface area contributed by atoms with Gasteiger partial charge in [-0.3, -0.25) is 4.79 Å². The number of allylic oxidation sites excluding steroid dienone is 2. The van der Waals surface area contributed by atoms with Crippen molar-refractivity contribution in [1.82, 2.24) is 0 Å². The van der Waals surface area contributed by atoms with E-state index in [1.54, 1.807) is 0 Å². The van der Waals surface area contributed by atoms with Gasteiger partial charge in [0.1, 0.15) is 0 Å². The summed E-state index contributed by atoms with van der Waals surface area (Å²) in [5, 5.41) is 9.49. The molecule has 0 rings (SSSR count). The van der Waals surface area contributed by atoms with Crippen LogP contribution in [0.15, 0.2) is 12.2 Å². The van der Waals surface area contributed by atoms with E-state index >= 15 is 0 Å². The summed E-state index contributed by atoms with van der Waals surface area (Å²) in [6.07, 6.45) is 14.0. The zero-order chi connectivity index (χ0) is 12.1. The molecule has 94 valence electrons. The fourth-order valence-electron chi connectivity index (χ4n) is 1.54. The van der Waals surface area contributed by atoms with E-state index in [0.717, 1.165) is 24.6 Å². The number of alkyl halides is 1. The average molecular weight is 291 g/mol. The summed E-state index contributed by atoms with van der Waals surface area (Å²) >= 11 is 3.38. The van der Waals surface area contributed by atoms with Crippen LogP contribution in [0.1, 0.15) is 57.8 Å². The Hall–Kier alpha value is -0.310. The number of carboxylic acids is 1. The van der Waals surface area contributed by atoms with Gasteiger partial charge in [0.2, 0.25) is 0 Å². The van der Waals surface area contributed by atoms with E-state index in [1.165, 1.54) is 32.1 Å².